The molecule has 1 aliphatic rings. The largest absolute Gasteiger partial charge is 0.365 e. The van der Waals surface area contributed by atoms with Gasteiger partial charge in [-0.05, 0) is 41.3 Å². The van der Waals surface area contributed by atoms with Crippen molar-refractivity contribution in [2.75, 3.05) is 11.9 Å². The number of hydrogen-bond donors (Lipinski definition) is 0. The number of carbonyl (C=O) groups excluding carboxylic acids is 2. The summed E-state index contributed by atoms with van der Waals surface area (Å²) in [5, 5.41) is 1.87. The molecule has 1 aliphatic heterocycles. The fraction of sp³-hybridized carbons (Fsp3) is 0.0909. The highest BCUT2D eigenvalue weighted by Crippen LogP contribution is 2.36. The van der Waals surface area contributed by atoms with Gasteiger partial charge < -0.3 is 4.90 Å². The van der Waals surface area contributed by atoms with Gasteiger partial charge in [0.25, 0.3) is 11.8 Å². The summed E-state index contributed by atoms with van der Waals surface area (Å²) < 4.78 is 13.3. The number of halogens is 1. The van der Waals surface area contributed by atoms with E-state index in [2.05, 4.69) is 0 Å². The van der Waals surface area contributed by atoms with E-state index in [1.54, 1.807) is 11.9 Å². The number of thiophene rings is 1. The van der Waals surface area contributed by atoms with Crippen LogP contribution in [0.1, 0.15) is 10.4 Å². The topological polar surface area (TPSA) is 40.6 Å². The van der Waals surface area contributed by atoms with Crippen molar-refractivity contribution in [1.82, 2.24) is 4.90 Å². The third kappa shape index (κ3) is 3.23. The molecule has 0 radical (unpaired) electrons. The van der Waals surface area contributed by atoms with Crippen LogP contribution in [0.25, 0.3) is 5.57 Å². The van der Waals surface area contributed by atoms with Gasteiger partial charge in [0.05, 0.1) is 11.3 Å². The first-order valence-corrected chi connectivity index (χ1v) is 9.62. The zero-order chi connectivity index (χ0) is 19.7. The van der Waals surface area contributed by atoms with Gasteiger partial charge >= 0.3 is 0 Å². The van der Waals surface area contributed by atoms with Crippen LogP contribution in [0.15, 0.2) is 77.8 Å². The van der Waals surface area contributed by atoms with Crippen molar-refractivity contribution in [3.63, 3.8) is 0 Å². The number of rotatable bonds is 5. The molecule has 0 saturated carbocycles. The van der Waals surface area contributed by atoms with Gasteiger partial charge in [0.1, 0.15) is 11.5 Å². The molecule has 28 heavy (non-hydrogen) atoms. The Balaban J connectivity index is 1.76. The van der Waals surface area contributed by atoms with Crippen LogP contribution in [0, 0.1) is 5.82 Å². The summed E-state index contributed by atoms with van der Waals surface area (Å²) in [7, 11) is 1.80. The van der Waals surface area contributed by atoms with E-state index in [-0.39, 0.29) is 0 Å². The van der Waals surface area contributed by atoms with E-state index in [0.29, 0.717) is 23.5 Å². The van der Waals surface area contributed by atoms with Gasteiger partial charge in [0.2, 0.25) is 0 Å². The monoisotopic (exact) mass is 392 g/mol. The summed E-state index contributed by atoms with van der Waals surface area (Å²) in [6.07, 6.45) is 0. The molecule has 2 amide bonds. The molecule has 0 aliphatic carbocycles. The highest BCUT2D eigenvalue weighted by atomic mass is 32.1. The summed E-state index contributed by atoms with van der Waals surface area (Å²) in [4.78, 5) is 30.1. The van der Waals surface area contributed by atoms with E-state index < -0.39 is 17.6 Å². The molecule has 0 saturated heterocycles. The van der Waals surface area contributed by atoms with Gasteiger partial charge in [0.15, 0.2) is 0 Å². The van der Waals surface area contributed by atoms with E-state index in [4.69, 9.17) is 0 Å². The zero-order valence-corrected chi connectivity index (χ0v) is 15.9. The minimum Gasteiger partial charge on any atom is -0.365 e. The molecule has 0 unspecified atom stereocenters. The van der Waals surface area contributed by atoms with Crippen molar-refractivity contribution in [3.05, 3.63) is 94.1 Å². The Morgan fingerprint density at radius 3 is 2.29 bits per heavy atom. The minimum atomic E-state index is -0.421. The van der Waals surface area contributed by atoms with E-state index >= 15 is 0 Å². The molecule has 2 heterocycles. The maximum absolute atomic E-state index is 13.3. The van der Waals surface area contributed by atoms with Crippen LogP contribution in [0.4, 0.5) is 10.1 Å². The van der Waals surface area contributed by atoms with E-state index in [9.17, 15) is 14.0 Å². The number of likely N-dealkylation sites (N-methyl/N-ethyl adjacent to an activating group) is 1. The summed E-state index contributed by atoms with van der Waals surface area (Å²) in [6, 6.07) is 18.8. The number of anilines is 1. The number of carbonyl (C=O) groups is 2. The number of imide groups is 1. The highest BCUT2D eigenvalue weighted by Gasteiger charge is 2.42. The molecule has 0 bridgehead atoms. The molecular weight excluding hydrogens is 375 g/mol. The quantitative estimate of drug-likeness (QED) is 0.608. The lowest BCUT2D eigenvalue weighted by molar-refractivity contribution is -0.120. The fourth-order valence-corrected chi connectivity index (χ4v) is 4.04. The van der Waals surface area contributed by atoms with Crippen LogP contribution in [-0.2, 0) is 16.1 Å². The lowest BCUT2D eigenvalue weighted by atomic mass is 10.1. The van der Waals surface area contributed by atoms with Crippen molar-refractivity contribution in [3.8, 4) is 0 Å². The maximum Gasteiger partial charge on any atom is 0.282 e. The lowest BCUT2D eigenvalue weighted by Crippen LogP contribution is -2.34. The van der Waals surface area contributed by atoms with E-state index in [0.717, 1.165) is 15.3 Å². The number of benzene rings is 2. The second kappa shape index (κ2) is 7.40. The molecule has 4 rings (SSSR count). The Morgan fingerprint density at radius 2 is 1.64 bits per heavy atom. The first kappa shape index (κ1) is 18.1. The van der Waals surface area contributed by atoms with Crippen molar-refractivity contribution < 1.29 is 14.0 Å². The van der Waals surface area contributed by atoms with Crippen molar-refractivity contribution in [1.29, 1.82) is 0 Å². The first-order chi connectivity index (χ1) is 13.6. The Hall–Kier alpha value is -3.25. The van der Waals surface area contributed by atoms with Crippen molar-refractivity contribution in [2.45, 2.75) is 6.54 Å². The predicted octanol–water partition coefficient (Wildman–Crippen LogP) is 4.30. The zero-order valence-electron chi connectivity index (χ0n) is 15.1. The van der Waals surface area contributed by atoms with Gasteiger partial charge in [0, 0.05) is 18.5 Å². The number of hydrogen-bond acceptors (Lipinski definition) is 4. The summed E-state index contributed by atoms with van der Waals surface area (Å²) in [6.45, 7) is 0.487. The third-order valence-corrected chi connectivity index (χ3v) is 5.44. The minimum absolute atomic E-state index is 0.348. The van der Waals surface area contributed by atoms with Gasteiger partial charge in [-0.25, -0.2) is 9.29 Å². The van der Waals surface area contributed by atoms with Crippen LogP contribution >= 0.6 is 11.3 Å². The molecular formula is C22H17FN2O2S. The first-order valence-electron chi connectivity index (χ1n) is 8.74. The summed E-state index contributed by atoms with van der Waals surface area (Å²) >= 11 is 1.41. The van der Waals surface area contributed by atoms with Crippen LogP contribution in [0.2, 0.25) is 0 Å². The predicted molar refractivity (Wildman–Crippen MR) is 108 cm³/mol. The molecule has 6 heteroatoms. The third-order valence-electron chi connectivity index (χ3n) is 4.56. The van der Waals surface area contributed by atoms with E-state index in [1.807, 2.05) is 47.8 Å². The Bertz CT molecular complexity index is 1040. The molecule has 1 aromatic heterocycles. The molecule has 140 valence electrons. The molecule has 0 N–H and O–H groups in total. The second-order valence-electron chi connectivity index (χ2n) is 6.46. The van der Waals surface area contributed by atoms with Crippen LogP contribution in [0.5, 0.6) is 0 Å². The fourth-order valence-electron chi connectivity index (χ4n) is 3.28. The van der Waals surface area contributed by atoms with Crippen LogP contribution in [-0.4, -0.2) is 23.8 Å². The molecule has 0 atom stereocenters. The lowest BCUT2D eigenvalue weighted by Gasteiger charge is -2.21. The van der Waals surface area contributed by atoms with Crippen LogP contribution < -0.4 is 4.90 Å². The Morgan fingerprint density at radius 1 is 0.929 bits per heavy atom. The molecule has 4 nitrogen and oxygen atoms in total. The van der Waals surface area contributed by atoms with Crippen molar-refractivity contribution >= 4 is 34.4 Å². The highest BCUT2D eigenvalue weighted by molar-refractivity contribution is 7.11. The average Bonchev–Trinajstić information content (AvgIpc) is 3.30. The van der Waals surface area contributed by atoms with Gasteiger partial charge in [-0.1, -0.05) is 36.4 Å². The van der Waals surface area contributed by atoms with Crippen molar-refractivity contribution in [2.24, 2.45) is 0 Å². The molecule has 0 fully saturated rings. The maximum atomic E-state index is 13.3. The number of nitrogens with zero attached hydrogens (tertiary/aromatic N) is 2. The van der Waals surface area contributed by atoms with Gasteiger partial charge in [-0.3, -0.25) is 9.59 Å². The summed E-state index contributed by atoms with van der Waals surface area (Å²) in [5.74, 6) is -1.22. The van der Waals surface area contributed by atoms with Gasteiger partial charge in [-0.15, -0.1) is 11.3 Å². The molecule has 2 aromatic carbocycles. The number of amides is 2. The Kier molecular flexibility index (Phi) is 4.79. The summed E-state index contributed by atoms with van der Waals surface area (Å²) in [5.41, 5.74) is 2.11. The van der Waals surface area contributed by atoms with E-state index in [1.165, 1.54) is 35.6 Å². The SMILES string of the molecule is CN(Cc1ccccc1)C1=C(c2cccs2)C(=O)N(c2ccc(F)cc2)C1=O. The standard InChI is InChI=1S/C22H17FN2O2S/c1-24(14-15-6-3-2-4-7-15)20-19(18-8-5-13-28-18)21(26)25(22(20)27)17-11-9-16(23)10-12-17/h2-13H,14H2,1H3. The molecule has 3 aromatic rings. The Labute approximate surface area is 166 Å². The van der Waals surface area contributed by atoms with Gasteiger partial charge in [-0.2, -0.15) is 0 Å². The normalized spacial score (nSPS) is 14.1. The smallest absolute Gasteiger partial charge is 0.282 e. The van der Waals surface area contributed by atoms with Crippen LogP contribution in [0.3, 0.4) is 0 Å². The molecule has 0 spiro atoms. The second-order valence-corrected chi connectivity index (χ2v) is 7.41. The average molecular weight is 392 g/mol.